The number of carbonyl (C=O) groups excluding carboxylic acids is 2. The quantitative estimate of drug-likeness (QED) is 0.522. The van der Waals surface area contributed by atoms with Crippen molar-refractivity contribution in [1.82, 2.24) is 10.3 Å². The number of amides is 2. The molecule has 2 aromatic rings. The number of nitriles is 1. The van der Waals surface area contributed by atoms with Crippen LogP contribution in [0.4, 0.5) is 5.82 Å². The third kappa shape index (κ3) is 3.74. The molecule has 1 aromatic heterocycles. The van der Waals surface area contributed by atoms with E-state index >= 15 is 0 Å². The highest BCUT2D eigenvalue weighted by Gasteiger charge is 2.18. The van der Waals surface area contributed by atoms with Crippen LogP contribution in [0.3, 0.4) is 0 Å². The second-order valence-corrected chi connectivity index (χ2v) is 4.58. The summed E-state index contributed by atoms with van der Waals surface area (Å²) in [6.45, 7) is 1.51. The van der Waals surface area contributed by atoms with E-state index in [1.54, 1.807) is 0 Å². The molecule has 0 bridgehead atoms. The molecular formula is C15H10N4O4. The predicted molar refractivity (Wildman–Crippen MR) is 78.6 cm³/mol. The van der Waals surface area contributed by atoms with Gasteiger partial charge in [-0.25, -0.2) is 0 Å². The summed E-state index contributed by atoms with van der Waals surface area (Å²) in [5, 5.41) is 21.6. The van der Waals surface area contributed by atoms with Crippen LogP contribution in [-0.2, 0) is 0 Å². The summed E-state index contributed by atoms with van der Waals surface area (Å²) in [4.78, 5) is 37.7. The van der Waals surface area contributed by atoms with Gasteiger partial charge in [0.2, 0.25) is 0 Å². The largest absolute Gasteiger partial charge is 0.364 e. The lowest BCUT2D eigenvalue weighted by atomic mass is 10.1. The second kappa shape index (κ2) is 6.44. The molecule has 0 aliphatic heterocycles. The molecule has 0 saturated carbocycles. The first-order chi connectivity index (χ1) is 10.9. The van der Waals surface area contributed by atoms with Gasteiger partial charge in [-0.15, -0.1) is 0 Å². The van der Waals surface area contributed by atoms with Crippen molar-refractivity contribution >= 4 is 17.6 Å². The molecule has 1 aromatic carbocycles. The molecule has 114 valence electrons. The van der Waals surface area contributed by atoms with Gasteiger partial charge >= 0.3 is 5.82 Å². The van der Waals surface area contributed by atoms with Gasteiger partial charge in [0, 0.05) is 18.6 Å². The second-order valence-electron chi connectivity index (χ2n) is 4.58. The lowest BCUT2D eigenvalue weighted by Crippen LogP contribution is -2.30. The van der Waals surface area contributed by atoms with E-state index < -0.39 is 22.6 Å². The third-order valence-corrected chi connectivity index (χ3v) is 2.89. The van der Waals surface area contributed by atoms with Crippen LogP contribution < -0.4 is 5.32 Å². The predicted octanol–water partition coefficient (Wildman–Crippen LogP) is 1.74. The Hall–Kier alpha value is -3.60. The Kier molecular flexibility index (Phi) is 4.42. The van der Waals surface area contributed by atoms with Crippen molar-refractivity contribution in [3.05, 3.63) is 68.9 Å². The fraction of sp³-hybridized carbons (Fsp3) is 0.0667. The van der Waals surface area contributed by atoms with E-state index in [2.05, 4.69) is 10.3 Å². The summed E-state index contributed by atoms with van der Waals surface area (Å²) in [5.41, 5.74) is 0.826. The number of nitro groups is 1. The molecule has 0 radical (unpaired) electrons. The third-order valence-electron chi connectivity index (χ3n) is 2.89. The minimum Gasteiger partial charge on any atom is -0.358 e. The zero-order chi connectivity index (χ0) is 17.0. The molecule has 2 rings (SSSR count). The van der Waals surface area contributed by atoms with Crippen LogP contribution in [0.15, 0.2) is 36.4 Å². The summed E-state index contributed by atoms with van der Waals surface area (Å²) in [6, 6.07) is 9.95. The molecule has 2 amide bonds. The number of imide groups is 1. The van der Waals surface area contributed by atoms with Crippen LogP contribution in [0.1, 0.15) is 32.0 Å². The van der Waals surface area contributed by atoms with E-state index in [9.17, 15) is 19.7 Å². The van der Waals surface area contributed by atoms with Crippen molar-refractivity contribution in [3.8, 4) is 6.07 Å². The Morgan fingerprint density at radius 1 is 1.17 bits per heavy atom. The standard InChI is InChI=1S/C15H10N4O4/c1-9-6-12(7-13(17-9)19(22)23)15(21)18-14(20)11-4-2-10(8-16)3-5-11/h2-7H,1H3,(H,18,20,21). The highest BCUT2D eigenvalue weighted by molar-refractivity contribution is 6.10. The summed E-state index contributed by atoms with van der Waals surface area (Å²) in [6.07, 6.45) is 0. The maximum Gasteiger partial charge on any atom is 0.364 e. The van der Waals surface area contributed by atoms with E-state index in [1.165, 1.54) is 37.3 Å². The number of aryl methyl sites for hydroxylation is 1. The van der Waals surface area contributed by atoms with Crippen LogP contribution in [0.5, 0.6) is 0 Å². The number of pyridine rings is 1. The molecule has 0 aliphatic carbocycles. The molecule has 1 N–H and O–H groups in total. The van der Waals surface area contributed by atoms with Gasteiger partial charge in [0.1, 0.15) is 0 Å². The normalized spacial score (nSPS) is 9.74. The lowest BCUT2D eigenvalue weighted by molar-refractivity contribution is -0.389. The number of nitrogens with zero attached hydrogens (tertiary/aromatic N) is 3. The number of benzene rings is 1. The summed E-state index contributed by atoms with van der Waals surface area (Å²) < 4.78 is 0. The van der Waals surface area contributed by atoms with E-state index in [-0.39, 0.29) is 16.8 Å². The van der Waals surface area contributed by atoms with Crippen molar-refractivity contribution in [2.24, 2.45) is 0 Å². The lowest BCUT2D eigenvalue weighted by Gasteiger charge is -2.04. The fourth-order valence-electron chi connectivity index (χ4n) is 1.82. The summed E-state index contributed by atoms with van der Waals surface area (Å²) in [7, 11) is 0. The number of aromatic nitrogens is 1. The van der Waals surface area contributed by atoms with Gasteiger partial charge in [-0.2, -0.15) is 5.26 Å². The molecule has 0 atom stereocenters. The van der Waals surface area contributed by atoms with E-state index in [4.69, 9.17) is 5.26 Å². The number of hydrogen-bond donors (Lipinski definition) is 1. The first kappa shape index (κ1) is 15.8. The summed E-state index contributed by atoms with van der Waals surface area (Å²) >= 11 is 0. The van der Waals surface area contributed by atoms with E-state index in [0.29, 0.717) is 5.56 Å². The maximum atomic E-state index is 12.0. The van der Waals surface area contributed by atoms with E-state index in [0.717, 1.165) is 6.07 Å². The van der Waals surface area contributed by atoms with Gasteiger partial charge in [0.15, 0.2) is 5.69 Å². The first-order valence-electron chi connectivity index (χ1n) is 6.39. The highest BCUT2D eigenvalue weighted by atomic mass is 16.6. The van der Waals surface area contributed by atoms with Crippen molar-refractivity contribution in [2.75, 3.05) is 0 Å². The van der Waals surface area contributed by atoms with Gasteiger partial charge in [-0.05, 0) is 40.2 Å². The molecule has 0 aliphatic rings. The molecular weight excluding hydrogens is 300 g/mol. The average Bonchev–Trinajstić information content (AvgIpc) is 2.54. The zero-order valence-corrected chi connectivity index (χ0v) is 11.9. The molecule has 0 fully saturated rings. The Bertz CT molecular complexity index is 838. The van der Waals surface area contributed by atoms with Crippen molar-refractivity contribution < 1.29 is 14.5 Å². The molecule has 1 heterocycles. The van der Waals surface area contributed by atoms with Crippen molar-refractivity contribution in [3.63, 3.8) is 0 Å². The fourth-order valence-corrected chi connectivity index (χ4v) is 1.82. The monoisotopic (exact) mass is 310 g/mol. The van der Waals surface area contributed by atoms with Crippen molar-refractivity contribution in [2.45, 2.75) is 6.92 Å². The van der Waals surface area contributed by atoms with Gasteiger partial charge in [-0.3, -0.25) is 14.9 Å². The number of hydrogen-bond acceptors (Lipinski definition) is 6. The van der Waals surface area contributed by atoms with Crippen molar-refractivity contribution in [1.29, 1.82) is 5.26 Å². The Labute approximate surface area is 130 Å². The SMILES string of the molecule is Cc1cc(C(=O)NC(=O)c2ccc(C#N)cc2)cc([N+](=O)[O-])n1. The molecule has 8 nitrogen and oxygen atoms in total. The van der Waals surface area contributed by atoms with Gasteiger partial charge in [-0.1, -0.05) is 0 Å². The number of rotatable bonds is 3. The van der Waals surface area contributed by atoms with Crippen LogP contribution in [0, 0.1) is 28.4 Å². The zero-order valence-electron chi connectivity index (χ0n) is 11.9. The highest BCUT2D eigenvalue weighted by Crippen LogP contribution is 2.12. The number of nitrogens with one attached hydrogen (secondary N) is 1. The molecule has 0 spiro atoms. The maximum absolute atomic E-state index is 12.0. The van der Waals surface area contributed by atoms with Crippen LogP contribution in [0.25, 0.3) is 0 Å². The van der Waals surface area contributed by atoms with Gasteiger partial charge in [0.05, 0.1) is 17.2 Å². The Morgan fingerprint density at radius 2 is 1.78 bits per heavy atom. The molecule has 0 saturated heterocycles. The molecule has 23 heavy (non-hydrogen) atoms. The average molecular weight is 310 g/mol. The Balaban J connectivity index is 2.19. The minimum atomic E-state index is -0.770. The minimum absolute atomic E-state index is 0.0359. The molecule has 0 unspecified atom stereocenters. The van der Waals surface area contributed by atoms with Crippen LogP contribution >= 0.6 is 0 Å². The van der Waals surface area contributed by atoms with Crippen LogP contribution in [-0.4, -0.2) is 21.7 Å². The van der Waals surface area contributed by atoms with Crippen LogP contribution in [0.2, 0.25) is 0 Å². The Morgan fingerprint density at radius 3 is 2.35 bits per heavy atom. The topological polar surface area (TPSA) is 126 Å². The number of carbonyl (C=O) groups is 2. The first-order valence-corrected chi connectivity index (χ1v) is 6.39. The van der Waals surface area contributed by atoms with E-state index in [1.807, 2.05) is 6.07 Å². The summed E-state index contributed by atoms with van der Waals surface area (Å²) in [5.74, 6) is -1.91. The van der Waals surface area contributed by atoms with Gasteiger partial charge < -0.3 is 10.1 Å². The smallest absolute Gasteiger partial charge is 0.358 e. The molecule has 8 heteroatoms. The van der Waals surface area contributed by atoms with Gasteiger partial charge in [0.25, 0.3) is 11.8 Å².